The minimum atomic E-state index is -0.965. The average Bonchev–Trinajstić information content (AvgIpc) is 2.66. The van der Waals surface area contributed by atoms with Gasteiger partial charge in [0.05, 0.1) is 6.10 Å². The van der Waals surface area contributed by atoms with Gasteiger partial charge in [0.2, 0.25) is 0 Å². The third-order valence-electron chi connectivity index (χ3n) is 4.00. The molecule has 0 aliphatic carbocycles. The van der Waals surface area contributed by atoms with Crippen molar-refractivity contribution in [3.8, 4) is 23.3 Å². The van der Waals surface area contributed by atoms with Crippen LogP contribution < -0.4 is 0 Å². The first-order chi connectivity index (χ1) is 13.0. The fourth-order valence-corrected chi connectivity index (χ4v) is 2.56. The van der Waals surface area contributed by atoms with Gasteiger partial charge in [0.25, 0.3) is 0 Å². The maximum atomic E-state index is 10.6. The molecule has 4 N–H and O–H groups in total. The van der Waals surface area contributed by atoms with Gasteiger partial charge in [0.1, 0.15) is 17.6 Å². The number of aromatic hydroxyl groups is 2. The zero-order valence-electron chi connectivity index (χ0n) is 15.0. The van der Waals surface area contributed by atoms with Gasteiger partial charge < -0.3 is 20.4 Å². The van der Waals surface area contributed by atoms with E-state index in [2.05, 4.69) is 18.4 Å². The molecule has 4 heteroatoms. The Morgan fingerprint density at radius 2 is 1.59 bits per heavy atom. The van der Waals surface area contributed by atoms with Crippen molar-refractivity contribution in [2.75, 3.05) is 0 Å². The lowest BCUT2D eigenvalue weighted by Crippen LogP contribution is -2.01. The predicted octanol–water partition coefficient (Wildman–Crippen LogP) is 4.15. The third kappa shape index (κ3) is 6.34. The van der Waals surface area contributed by atoms with E-state index in [-0.39, 0.29) is 17.9 Å². The van der Waals surface area contributed by atoms with Crippen molar-refractivity contribution in [3.05, 3.63) is 84.0 Å². The number of benzene rings is 2. The molecule has 0 radical (unpaired) electrons. The summed E-state index contributed by atoms with van der Waals surface area (Å²) in [5.74, 6) is 5.99. The van der Waals surface area contributed by atoms with Gasteiger partial charge in [0.15, 0.2) is 0 Å². The summed E-state index contributed by atoms with van der Waals surface area (Å²) in [6.45, 7) is 3.68. The summed E-state index contributed by atoms with van der Waals surface area (Å²) in [7, 11) is 0. The quantitative estimate of drug-likeness (QED) is 0.338. The maximum absolute atomic E-state index is 10.6. The second kappa shape index (κ2) is 10.2. The zero-order chi connectivity index (χ0) is 19.6. The van der Waals surface area contributed by atoms with E-state index in [0.717, 1.165) is 6.42 Å². The number of unbranched alkanes of at least 4 members (excludes halogenated alkanes) is 1. The van der Waals surface area contributed by atoms with Crippen molar-refractivity contribution >= 4 is 0 Å². The van der Waals surface area contributed by atoms with Crippen LogP contribution in [0.15, 0.2) is 72.8 Å². The highest BCUT2D eigenvalue weighted by molar-refractivity contribution is 5.40. The van der Waals surface area contributed by atoms with Crippen molar-refractivity contribution in [1.29, 1.82) is 0 Å². The van der Waals surface area contributed by atoms with E-state index < -0.39 is 12.2 Å². The van der Waals surface area contributed by atoms with E-state index in [1.807, 2.05) is 6.08 Å². The molecule has 2 aromatic rings. The van der Waals surface area contributed by atoms with Gasteiger partial charge in [0, 0.05) is 12.0 Å². The van der Waals surface area contributed by atoms with Crippen LogP contribution in [0.3, 0.4) is 0 Å². The molecular weight excluding hydrogens is 340 g/mol. The van der Waals surface area contributed by atoms with E-state index in [9.17, 15) is 20.4 Å². The van der Waals surface area contributed by atoms with Crippen molar-refractivity contribution in [2.45, 2.75) is 31.5 Å². The van der Waals surface area contributed by atoms with Crippen LogP contribution in [0.2, 0.25) is 0 Å². The van der Waals surface area contributed by atoms with E-state index >= 15 is 0 Å². The summed E-state index contributed by atoms with van der Waals surface area (Å²) < 4.78 is 0. The number of aliphatic hydroxyl groups is 2. The van der Waals surface area contributed by atoms with Gasteiger partial charge in [-0.2, -0.15) is 0 Å². The molecule has 0 saturated heterocycles. The Labute approximate surface area is 159 Å². The van der Waals surface area contributed by atoms with Crippen LogP contribution in [0, 0.1) is 11.8 Å². The first-order valence-electron chi connectivity index (χ1n) is 8.75. The maximum Gasteiger partial charge on any atom is 0.115 e. The van der Waals surface area contributed by atoms with Crippen LogP contribution in [0.5, 0.6) is 11.5 Å². The minimum Gasteiger partial charge on any atom is -0.508 e. The number of allylic oxidation sites excluding steroid dienone is 2. The van der Waals surface area contributed by atoms with Crippen molar-refractivity contribution < 1.29 is 20.4 Å². The molecule has 4 nitrogen and oxygen atoms in total. The van der Waals surface area contributed by atoms with Crippen LogP contribution in [-0.2, 0) is 0 Å². The lowest BCUT2D eigenvalue weighted by molar-refractivity contribution is 0.183. The molecule has 0 aliphatic heterocycles. The number of rotatable bonds is 7. The second-order valence-electron chi connectivity index (χ2n) is 6.14. The van der Waals surface area contributed by atoms with Crippen LogP contribution >= 0.6 is 0 Å². The standard InChI is InChI=1S/C23H24O4/c1-2-3-4-8-17(23(27)19-11-6-13-21(25)16-19)9-7-14-22(26)18-10-5-12-20(24)15-18/h2,5-6,8,10-13,15-16,22-27H,1,3-4,14H2/b17-8+. The molecule has 0 spiro atoms. The molecule has 2 aromatic carbocycles. The molecular formula is C23H24O4. The van der Waals surface area contributed by atoms with Crippen LogP contribution in [0.1, 0.15) is 42.6 Å². The number of hydrogen-bond acceptors (Lipinski definition) is 4. The highest BCUT2D eigenvalue weighted by atomic mass is 16.3. The molecule has 2 rings (SSSR count). The van der Waals surface area contributed by atoms with E-state index in [1.54, 1.807) is 30.3 Å². The molecule has 0 heterocycles. The molecule has 0 saturated carbocycles. The molecule has 2 unspecified atom stereocenters. The first-order valence-corrected chi connectivity index (χ1v) is 8.75. The van der Waals surface area contributed by atoms with Gasteiger partial charge in [-0.15, -0.1) is 6.58 Å². The van der Waals surface area contributed by atoms with Crippen LogP contribution in [0.4, 0.5) is 0 Å². The van der Waals surface area contributed by atoms with Gasteiger partial charge in [-0.1, -0.05) is 48.3 Å². The Bertz CT molecular complexity index is 858. The SMILES string of the molecule is C=CCC/C=C(\C#CCC(O)c1cccc(O)c1)C(O)c1cccc(O)c1. The van der Waals surface area contributed by atoms with E-state index in [1.165, 1.54) is 24.3 Å². The Morgan fingerprint density at radius 3 is 2.22 bits per heavy atom. The molecule has 0 bridgehead atoms. The molecule has 0 amide bonds. The smallest absolute Gasteiger partial charge is 0.115 e. The predicted molar refractivity (Wildman–Crippen MR) is 106 cm³/mol. The molecule has 0 aliphatic rings. The molecule has 27 heavy (non-hydrogen) atoms. The number of aliphatic hydroxyl groups excluding tert-OH is 2. The highest BCUT2D eigenvalue weighted by Crippen LogP contribution is 2.25. The van der Waals surface area contributed by atoms with Gasteiger partial charge >= 0.3 is 0 Å². The second-order valence-corrected chi connectivity index (χ2v) is 6.14. The topological polar surface area (TPSA) is 80.9 Å². The summed E-state index contributed by atoms with van der Waals surface area (Å²) in [5, 5.41) is 40.0. The molecule has 2 atom stereocenters. The Kier molecular flexibility index (Phi) is 7.69. The number of phenolic OH excluding ortho intramolecular Hbond substituents is 2. The van der Waals surface area contributed by atoms with Crippen LogP contribution in [-0.4, -0.2) is 20.4 Å². The largest absolute Gasteiger partial charge is 0.508 e. The first kappa shape index (κ1) is 20.3. The average molecular weight is 364 g/mol. The van der Waals surface area contributed by atoms with Gasteiger partial charge in [-0.3, -0.25) is 0 Å². The van der Waals surface area contributed by atoms with Gasteiger partial charge in [-0.25, -0.2) is 0 Å². The summed E-state index contributed by atoms with van der Waals surface area (Å²) in [6.07, 6.45) is 3.42. The monoisotopic (exact) mass is 364 g/mol. The lowest BCUT2D eigenvalue weighted by Gasteiger charge is -2.12. The lowest BCUT2D eigenvalue weighted by atomic mass is 9.99. The Balaban J connectivity index is 2.16. The summed E-state index contributed by atoms with van der Waals surface area (Å²) in [6, 6.07) is 12.8. The molecule has 0 aromatic heterocycles. The van der Waals surface area contributed by atoms with Crippen molar-refractivity contribution in [3.63, 3.8) is 0 Å². The van der Waals surface area contributed by atoms with Crippen molar-refractivity contribution in [2.24, 2.45) is 0 Å². The van der Waals surface area contributed by atoms with Crippen molar-refractivity contribution in [1.82, 2.24) is 0 Å². The Morgan fingerprint density at radius 1 is 0.963 bits per heavy atom. The number of hydrogen-bond donors (Lipinski definition) is 4. The molecule has 0 fully saturated rings. The van der Waals surface area contributed by atoms with E-state index in [0.29, 0.717) is 23.1 Å². The fourth-order valence-electron chi connectivity index (χ4n) is 2.56. The van der Waals surface area contributed by atoms with E-state index in [4.69, 9.17) is 0 Å². The molecule has 140 valence electrons. The summed E-state index contributed by atoms with van der Waals surface area (Å²) >= 11 is 0. The Hall–Kier alpha value is -3.00. The third-order valence-corrected chi connectivity index (χ3v) is 4.00. The van der Waals surface area contributed by atoms with Gasteiger partial charge in [-0.05, 0) is 48.2 Å². The number of phenols is 2. The normalized spacial score (nSPS) is 13.3. The van der Waals surface area contributed by atoms with Crippen LogP contribution in [0.25, 0.3) is 0 Å². The minimum absolute atomic E-state index is 0.0734. The summed E-state index contributed by atoms with van der Waals surface area (Å²) in [4.78, 5) is 0. The zero-order valence-corrected chi connectivity index (χ0v) is 15.0. The highest BCUT2D eigenvalue weighted by Gasteiger charge is 2.12. The summed E-state index contributed by atoms with van der Waals surface area (Å²) in [5.41, 5.74) is 1.63. The fraction of sp³-hybridized carbons (Fsp3) is 0.217.